The van der Waals surface area contributed by atoms with Gasteiger partial charge < -0.3 is 15.2 Å². The highest BCUT2D eigenvalue weighted by Crippen LogP contribution is 2.20. The largest absolute Gasteiger partial charge is 0.491 e. The van der Waals surface area contributed by atoms with Gasteiger partial charge in [0.25, 0.3) is 0 Å². The van der Waals surface area contributed by atoms with E-state index in [9.17, 15) is 9.50 Å². The van der Waals surface area contributed by atoms with E-state index in [1.54, 1.807) is 18.2 Å². The maximum Gasteiger partial charge on any atom is 0.127 e. The topological polar surface area (TPSA) is 41.5 Å². The van der Waals surface area contributed by atoms with Gasteiger partial charge in [-0.3, -0.25) is 0 Å². The third-order valence-electron chi connectivity index (χ3n) is 3.23. The molecule has 3 nitrogen and oxygen atoms in total. The number of nitrogens with one attached hydrogen (secondary N) is 1. The van der Waals surface area contributed by atoms with Gasteiger partial charge in [0.1, 0.15) is 11.6 Å². The van der Waals surface area contributed by atoms with E-state index in [-0.39, 0.29) is 11.9 Å². The summed E-state index contributed by atoms with van der Waals surface area (Å²) in [5.41, 5.74) is 1.37. The minimum Gasteiger partial charge on any atom is -0.491 e. The second kappa shape index (κ2) is 7.92. The van der Waals surface area contributed by atoms with Gasteiger partial charge in [0.05, 0.1) is 12.2 Å². The SMILES string of the molecule is CC(C)Oc1cccc(C(O)CNCc2ccccc2F)c1. The lowest BCUT2D eigenvalue weighted by molar-refractivity contribution is 0.173. The van der Waals surface area contributed by atoms with Crippen LogP contribution in [0.3, 0.4) is 0 Å². The molecule has 2 N–H and O–H groups in total. The van der Waals surface area contributed by atoms with Crippen LogP contribution in [-0.4, -0.2) is 17.8 Å². The van der Waals surface area contributed by atoms with Gasteiger partial charge >= 0.3 is 0 Å². The Balaban J connectivity index is 1.89. The predicted molar refractivity (Wildman–Crippen MR) is 85.3 cm³/mol. The van der Waals surface area contributed by atoms with E-state index in [2.05, 4.69) is 5.32 Å². The van der Waals surface area contributed by atoms with Gasteiger partial charge in [0.2, 0.25) is 0 Å². The van der Waals surface area contributed by atoms with Crippen molar-refractivity contribution in [2.24, 2.45) is 0 Å². The van der Waals surface area contributed by atoms with Crippen LogP contribution in [0.2, 0.25) is 0 Å². The average Bonchev–Trinajstić information content (AvgIpc) is 2.48. The molecular formula is C18H22FNO2. The lowest BCUT2D eigenvalue weighted by Gasteiger charge is -2.15. The third-order valence-corrected chi connectivity index (χ3v) is 3.23. The van der Waals surface area contributed by atoms with Gasteiger partial charge in [-0.25, -0.2) is 4.39 Å². The molecule has 2 aromatic rings. The molecule has 4 heteroatoms. The Morgan fingerprint density at radius 1 is 1.14 bits per heavy atom. The second-order valence-electron chi connectivity index (χ2n) is 5.48. The van der Waals surface area contributed by atoms with Crippen LogP contribution in [0.5, 0.6) is 5.75 Å². The van der Waals surface area contributed by atoms with Crippen LogP contribution in [0.25, 0.3) is 0 Å². The lowest BCUT2D eigenvalue weighted by Crippen LogP contribution is -2.21. The van der Waals surface area contributed by atoms with Crippen LogP contribution in [0.15, 0.2) is 48.5 Å². The molecule has 0 amide bonds. The summed E-state index contributed by atoms with van der Waals surface area (Å²) < 4.78 is 19.1. The second-order valence-corrected chi connectivity index (χ2v) is 5.48. The van der Waals surface area contributed by atoms with E-state index in [0.717, 1.165) is 11.3 Å². The van der Waals surface area contributed by atoms with E-state index in [1.165, 1.54) is 6.07 Å². The quantitative estimate of drug-likeness (QED) is 0.823. The molecule has 0 aliphatic rings. The number of hydrogen-bond acceptors (Lipinski definition) is 3. The minimum absolute atomic E-state index is 0.0894. The maximum atomic E-state index is 13.5. The normalized spacial score (nSPS) is 12.4. The zero-order valence-electron chi connectivity index (χ0n) is 12.9. The smallest absolute Gasteiger partial charge is 0.127 e. The molecule has 0 heterocycles. The summed E-state index contributed by atoms with van der Waals surface area (Å²) in [5, 5.41) is 13.3. The van der Waals surface area contributed by atoms with Gasteiger partial charge in [-0.05, 0) is 37.6 Å². The first-order valence-electron chi connectivity index (χ1n) is 7.45. The standard InChI is InChI=1S/C18H22FNO2/c1-13(2)22-16-8-5-7-14(10-16)18(21)12-20-11-15-6-3-4-9-17(15)19/h3-10,13,18,20-21H,11-12H2,1-2H3. The Bertz CT molecular complexity index is 601. The Labute approximate surface area is 130 Å². The molecule has 0 saturated heterocycles. The van der Waals surface area contributed by atoms with E-state index in [0.29, 0.717) is 18.7 Å². The average molecular weight is 303 g/mol. The minimum atomic E-state index is -0.664. The summed E-state index contributed by atoms with van der Waals surface area (Å²) in [6.45, 7) is 4.64. The monoisotopic (exact) mass is 303 g/mol. The zero-order valence-corrected chi connectivity index (χ0v) is 12.9. The third kappa shape index (κ3) is 4.83. The molecule has 0 spiro atoms. The Morgan fingerprint density at radius 2 is 1.91 bits per heavy atom. The summed E-state index contributed by atoms with van der Waals surface area (Å²) >= 11 is 0. The van der Waals surface area contributed by atoms with Crippen LogP contribution in [0.4, 0.5) is 4.39 Å². The molecule has 2 rings (SSSR count). The fraction of sp³-hybridized carbons (Fsp3) is 0.333. The van der Waals surface area contributed by atoms with Crippen molar-refractivity contribution in [1.29, 1.82) is 0 Å². The molecule has 0 saturated carbocycles. The number of aliphatic hydroxyl groups is 1. The number of aliphatic hydroxyl groups excluding tert-OH is 1. The fourth-order valence-electron chi connectivity index (χ4n) is 2.17. The van der Waals surface area contributed by atoms with Crippen LogP contribution in [0, 0.1) is 5.82 Å². The van der Waals surface area contributed by atoms with Crippen molar-refractivity contribution in [3.05, 3.63) is 65.5 Å². The van der Waals surface area contributed by atoms with E-state index >= 15 is 0 Å². The maximum absolute atomic E-state index is 13.5. The molecule has 22 heavy (non-hydrogen) atoms. The molecule has 2 aromatic carbocycles. The summed E-state index contributed by atoms with van der Waals surface area (Å²) in [6, 6.07) is 14.0. The molecule has 118 valence electrons. The Kier molecular flexibility index (Phi) is 5.92. The summed E-state index contributed by atoms with van der Waals surface area (Å²) in [6.07, 6.45) is -0.575. The van der Waals surface area contributed by atoms with Crippen LogP contribution < -0.4 is 10.1 Å². The lowest BCUT2D eigenvalue weighted by atomic mass is 10.1. The predicted octanol–water partition coefficient (Wildman–Crippen LogP) is 3.44. The molecular weight excluding hydrogens is 281 g/mol. The van der Waals surface area contributed by atoms with Gasteiger partial charge in [0, 0.05) is 18.7 Å². The van der Waals surface area contributed by atoms with Crippen molar-refractivity contribution < 1.29 is 14.2 Å². The van der Waals surface area contributed by atoms with E-state index in [4.69, 9.17) is 4.74 Å². The van der Waals surface area contributed by atoms with Crippen molar-refractivity contribution in [1.82, 2.24) is 5.32 Å². The molecule has 0 aromatic heterocycles. The first-order chi connectivity index (χ1) is 10.6. The highest BCUT2D eigenvalue weighted by Gasteiger charge is 2.09. The highest BCUT2D eigenvalue weighted by atomic mass is 19.1. The van der Waals surface area contributed by atoms with Gasteiger partial charge in [-0.15, -0.1) is 0 Å². The van der Waals surface area contributed by atoms with Gasteiger partial charge in [-0.1, -0.05) is 30.3 Å². The zero-order chi connectivity index (χ0) is 15.9. The van der Waals surface area contributed by atoms with Crippen molar-refractivity contribution in [3.63, 3.8) is 0 Å². The Hall–Kier alpha value is -1.91. The number of benzene rings is 2. The molecule has 1 unspecified atom stereocenters. The van der Waals surface area contributed by atoms with E-state index in [1.807, 2.05) is 38.1 Å². The fourth-order valence-corrected chi connectivity index (χ4v) is 2.17. The summed E-state index contributed by atoms with van der Waals surface area (Å²) in [5.74, 6) is 0.498. The number of ether oxygens (including phenoxy) is 1. The number of halogens is 1. The molecule has 0 aliphatic carbocycles. The highest BCUT2D eigenvalue weighted by molar-refractivity contribution is 5.30. The van der Waals surface area contributed by atoms with Crippen LogP contribution in [0.1, 0.15) is 31.1 Å². The summed E-state index contributed by atoms with van der Waals surface area (Å²) in [4.78, 5) is 0. The number of hydrogen-bond donors (Lipinski definition) is 2. The molecule has 0 fully saturated rings. The molecule has 0 aliphatic heterocycles. The molecule has 0 bridgehead atoms. The van der Waals surface area contributed by atoms with Crippen molar-refractivity contribution in [3.8, 4) is 5.75 Å². The first-order valence-corrected chi connectivity index (χ1v) is 7.45. The van der Waals surface area contributed by atoms with Crippen LogP contribution in [-0.2, 0) is 6.54 Å². The van der Waals surface area contributed by atoms with Crippen molar-refractivity contribution >= 4 is 0 Å². The van der Waals surface area contributed by atoms with Gasteiger partial charge in [-0.2, -0.15) is 0 Å². The number of rotatable bonds is 7. The summed E-state index contributed by atoms with van der Waals surface area (Å²) in [7, 11) is 0. The first kappa shape index (κ1) is 16.5. The molecule has 0 radical (unpaired) electrons. The van der Waals surface area contributed by atoms with Crippen molar-refractivity contribution in [2.45, 2.75) is 32.6 Å². The van der Waals surface area contributed by atoms with E-state index < -0.39 is 6.10 Å². The van der Waals surface area contributed by atoms with Crippen molar-refractivity contribution in [2.75, 3.05) is 6.54 Å². The molecule has 1 atom stereocenters. The van der Waals surface area contributed by atoms with Gasteiger partial charge in [0.15, 0.2) is 0 Å². The Morgan fingerprint density at radius 3 is 2.64 bits per heavy atom. The van der Waals surface area contributed by atoms with Crippen LogP contribution >= 0.6 is 0 Å².